The maximum atomic E-state index is 13.1. The molecule has 0 bridgehead atoms. The van der Waals surface area contributed by atoms with E-state index in [4.69, 9.17) is 5.73 Å². The lowest BCUT2D eigenvalue weighted by Gasteiger charge is -2.15. The second-order valence-corrected chi connectivity index (χ2v) is 4.23. The van der Waals surface area contributed by atoms with Gasteiger partial charge in [-0.05, 0) is 23.8 Å². The number of carbonyl (C=O) groups excluding carboxylic acids is 2. The maximum absolute atomic E-state index is 13.1. The van der Waals surface area contributed by atoms with Crippen LogP contribution >= 0.6 is 0 Å². The molecule has 0 saturated carbocycles. The van der Waals surface area contributed by atoms with Gasteiger partial charge in [0.1, 0.15) is 11.9 Å². The van der Waals surface area contributed by atoms with Crippen molar-refractivity contribution in [1.29, 1.82) is 0 Å². The van der Waals surface area contributed by atoms with Crippen LogP contribution in [0.4, 0.5) is 4.39 Å². The van der Waals surface area contributed by atoms with Gasteiger partial charge in [-0.1, -0.05) is 36.4 Å². The van der Waals surface area contributed by atoms with Crippen LogP contribution in [0.3, 0.4) is 0 Å². The zero-order valence-corrected chi connectivity index (χ0v) is 10.5. The summed E-state index contributed by atoms with van der Waals surface area (Å²) in [4.78, 5) is 23.5. The zero-order valence-electron chi connectivity index (χ0n) is 10.5. The summed E-state index contributed by atoms with van der Waals surface area (Å²) in [6, 6.07) is 12.9. The van der Waals surface area contributed by atoms with E-state index in [1.165, 1.54) is 18.2 Å². The highest BCUT2D eigenvalue weighted by molar-refractivity contribution is 5.97. The van der Waals surface area contributed by atoms with Gasteiger partial charge in [0.15, 0.2) is 0 Å². The first kappa shape index (κ1) is 13.7. The molecule has 1 atom stereocenters. The first-order valence-corrected chi connectivity index (χ1v) is 5.98. The van der Waals surface area contributed by atoms with Gasteiger partial charge >= 0.3 is 0 Å². The SMILES string of the molecule is NC(=O)C(NC(=O)c1cccc(F)c1)c1ccccc1. The summed E-state index contributed by atoms with van der Waals surface area (Å²) in [5, 5.41) is 2.50. The summed E-state index contributed by atoms with van der Waals surface area (Å²) in [6.07, 6.45) is 0. The minimum atomic E-state index is -0.952. The third kappa shape index (κ3) is 3.20. The average Bonchev–Trinajstić information content (AvgIpc) is 2.45. The number of hydrogen-bond donors (Lipinski definition) is 2. The summed E-state index contributed by atoms with van der Waals surface area (Å²) >= 11 is 0. The van der Waals surface area contributed by atoms with Gasteiger partial charge in [0, 0.05) is 5.56 Å². The summed E-state index contributed by atoms with van der Waals surface area (Å²) in [7, 11) is 0. The van der Waals surface area contributed by atoms with Crippen molar-refractivity contribution in [2.75, 3.05) is 0 Å². The molecule has 0 aromatic heterocycles. The standard InChI is InChI=1S/C15H13FN2O2/c16-12-8-4-7-11(9-12)15(20)18-13(14(17)19)10-5-2-1-3-6-10/h1-9,13H,(H2,17,19)(H,18,20). The molecule has 0 radical (unpaired) electrons. The molecule has 102 valence electrons. The Morgan fingerprint density at radius 3 is 2.35 bits per heavy atom. The second kappa shape index (κ2) is 5.97. The first-order chi connectivity index (χ1) is 9.58. The normalized spacial score (nSPS) is 11.7. The fourth-order valence-electron chi connectivity index (χ4n) is 1.81. The molecule has 2 aromatic rings. The highest BCUT2D eigenvalue weighted by Crippen LogP contribution is 2.13. The van der Waals surface area contributed by atoms with Crippen molar-refractivity contribution < 1.29 is 14.0 Å². The van der Waals surface area contributed by atoms with Crippen LogP contribution in [0.25, 0.3) is 0 Å². The monoisotopic (exact) mass is 272 g/mol. The first-order valence-electron chi connectivity index (χ1n) is 5.98. The molecule has 2 amide bonds. The van der Waals surface area contributed by atoms with Crippen molar-refractivity contribution in [1.82, 2.24) is 5.32 Å². The van der Waals surface area contributed by atoms with Gasteiger partial charge in [0.25, 0.3) is 5.91 Å². The van der Waals surface area contributed by atoms with Crippen LogP contribution in [0.2, 0.25) is 0 Å². The topological polar surface area (TPSA) is 72.2 Å². The van der Waals surface area contributed by atoms with Crippen LogP contribution in [-0.2, 0) is 4.79 Å². The van der Waals surface area contributed by atoms with E-state index in [1.54, 1.807) is 30.3 Å². The van der Waals surface area contributed by atoms with Gasteiger partial charge in [-0.25, -0.2) is 4.39 Å². The Kier molecular flexibility index (Phi) is 4.10. The van der Waals surface area contributed by atoms with E-state index in [1.807, 2.05) is 0 Å². The molecule has 0 heterocycles. The minimum Gasteiger partial charge on any atom is -0.368 e. The lowest BCUT2D eigenvalue weighted by Crippen LogP contribution is -2.37. The second-order valence-electron chi connectivity index (χ2n) is 4.23. The van der Waals surface area contributed by atoms with Crippen LogP contribution in [0.1, 0.15) is 22.0 Å². The lowest BCUT2D eigenvalue weighted by atomic mass is 10.1. The highest BCUT2D eigenvalue weighted by atomic mass is 19.1. The predicted molar refractivity (Wildman–Crippen MR) is 72.2 cm³/mol. The molecular formula is C15H13FN2O2. The highest BCUT2D eigenvalue weighted by Gasteiger charge is 2.20. The number of amides is 2. The molecule has 0 aliphatic heterocycles. The average molecular weight is 272 g/mol. The molecule has 0 saturated heterocycles. The quantitative estimate of drug-likeness (QED) is 0.890. The molecule has 5 heteroatoms. The van der Waals surface area contributed by atoms with Crippen molar-refractivity contribution in [3.05, 3.63) is 71.5 Å². The molecular weight excluding hydrogens is 259 g/mol. The Morgan fingerprint density at radius 2 is 1.75 bits per heavy atom. The molecule has 2 rings (SSSR count). The van der Waals surface area contributed by atoms with E-state index >= 15 is 0 Å². The van der Waals surface area contributed by atoms with Crippen molar-refractivity contribution in [3.8, 4) is 0 Å². The third-order valence-corrected chi connectivity index (χ3v) is 2.78. The summed E-state index contributed by atoms with van der Waals surface area (Å²) in [5.74, 6) is -1.76. The van der Waals surface area contributed by atoms with Gasteiger partial charge in [0.05, 0.1) is 0 Å². The molecule has 0 aliphatic carbocycles. The third-order valence-electron chi connectivity index (χ3n) is 2.78. The number of benzene rings is 2. The van der Waals surface area contributed by atoms with E-state index < -0.39 is 23.7 Å². The van der Waals surface area contributed by atoms with Crippen molar-refractivity contribution in [2.45, 2.75) is 6.04 Å². The molecule has 1 unspecified atom stereocenters. The number of nitrogens with two attached hydrogens (primary N) is 1. The van der Waals surface area contributed by atoms with Crippen molar-refractivity contribution in [3.63, 3.8) is 0 Å². The number of rotatable bonds is 4. The van der Waals surface area contributed by atoms with Gasteiger partial charge in [-0.15, -0.1) is 0 Å². The van der Waals surface area contributed by atoms with Gasteiger partial charge < -0.3 is 11.1 Å². The number of primary amides is 1. The van der Waals surface area contributed by atoms with Crippen LogP contribution in [-0.4, -0.2) is 11.8 Å². The number of halogens is 1. The smallest absolute Gasteiger partial charge is 0.252 e. The summed E-state index contributed by atoms with van der Waals surface area (Å²) in [6.45, 7) is 0. The van der Waals surface area contributed by atoms with Crippen molar-refractivity contribution >= 4 is 11.8 Å². The van der Waals surface area contributed by atoms with Crippen LogP contribution < -0.4 is 11.1 Å². The minimum absolute atomic E-state index is 0.132. The molecule has 2 aromatic carbocycles. The van der Waals surface area contributed by atoms with E-state index in [0.717, 1.165) is 6.07 Å². The lowest BCUT2D eigenvalue weighted by molar-refractivity contribution is -0.120. The van der Waals surface area contributed by atoms with E-state index in [0.29, 0.717) is 5.56 Å². The van der Waals surface area contributed by atoms with Crippen molar-refractivity contribution in [2.24, 2.45) is 5.73 Å². The van der Waals surface area contributed by atoms with E-state index in [2.05, 4.69) is 5.32 Å². The maximum Gasteiger partial charge on any atom is 0.252 e. The summed E-state index contributed by atoms with van der Waals surface area (Å²) in [5.41, 5.74) is 6.00. The molecule has 0 spiro atoms. The van der Waals surface area contributed by atoms with Gasteiger partial charge in [0.2, 0.25) is 5.91 Å². The fraction of sp³-hybridized carbons (Fsp3) is 0.0667. The van der Waals surface area contributed by atoms with Crippen LogP contribution in [0.15, 0.2) is 54.6 Å². The Hall–Kier alpha value is -2.69. The van der Waals surface area contributed by atoms with Gasteiger partial charge in [-0.3, -0.25) is 9.59 Å². The van der Waals surface area contributed by atoms with Crippen LogP contribution in [0, 0.1) is 5.82 Å². The van der Waals surface area contributed by atoms with E-state index in [9.17, 15) is 14.0 Å². The Bertz CT molecular complexity index is 629. The zero-order chi connectivity index (χ0) is 14.5. The number of carbonyl (C=O) groups is 2. The molecule has 20 heavy (non-hydrogen) atoms. The Labute approximate surface area is 115 Å². The molecule has 4 nitrogen and oxygen atoms in total. The van der Waals surface area contributed by atoms with Crippen LogP contribution in [0.5, 0.6) is 0 Å². The summed E-state index contributed by atoms with van der Waals surface area (Å²) < 4.78 is 13.1. The predicted octanol–water partition coefficient (Wildman–Crippen LogP) is 1.78. The molecule has 3 N–H and O–H groups in total. The Balaban J connectivity index is 2.21. The van der Waals surface area contributed by atoms with Gasteiger partial charge in [-0.2, -0.15) is 0 Å². The molecule has 0 aliphatic rings. The molecule has 0 fully saturated rings. The Morgan fingerprint density at radius 1 is 1.05 bits per heavy atom. The number of nitrogens with one attached hydrogen (secondary N) is 1. The fourth-order valence-corrected chi connectivity index (χ4v) is 1.81. The largest absolute Gasteiger partial charge is 0.368 e. The van der Waals surface area contributed by atoms with E-state index in [-0.39, 0.29) is 5.56 Å². The number of hydrogen-bond acceptors (Lipinski definition) is 2.